The summed E-state index contributed by atoms with van der Waals surface area (Å²) in [7, 11) is 0. The second-order valence-electron chi connectivity index (χ2n) is 10.7. The van der Waals surface area contributed by atoms with Crippen LogP contribution in [0.4, 0.5) is 39.4 Å². The largest absolute Gasteiger partial charge is 0.472 e. The molecule has 5 rings (SSSR count). The van der Waals surface area contributed by atoms with E-state index in [9.17, 15) is 31.9 Å². The number of para-hydroxylation sites is 1. The van der Waals surface area contributed by atoms with Crippen LogP contribution in [0, 0.1) is 11.7 Å². The number of nitrogens with one attached hydrogen (secondary N) is 2. The minimum atomic E-state index is -5.06. The van der Waals surface area contributed by atoms with Crippen LogP contribution in [0.5, 0.6) is 0 Å². The maximum atomic E-state index is 14.7. The van der Waals surface area contributed by atoms with Gasteiger partial charge in [-0.3, -0.25) is 19.4 Å². The molecule has 2 fully saturated rings. The summed E-state index contributed by atoms with van der Waals surface area (Å²) in [5, 5.41) is 5.17. The van der Waals surface area contributed by atoms with Gasteiger partial charge in [0.2, 0.25) is 0 Å². The molecule has 8 nitrogen and oxygen atoms in total. The third-order valence-corrected chi connectivity index (χ3v) is 7.41. The smallest absolute Gasteiger partial charge is 0.338 e. The first-order valence-electron chi connectivity index (χ1n) is 14.0. The molecule has 3 aromatic rings. The van der Waals surface area contributed by atoms with E-state index in [4.69, 9.17) is 0 Å². The summed E-state index contributed by atoms with van der Waals surface area (Å²) >= 11 is 0. The second kappa shape index (κ2) is 12.8. The molecule has 1 heterocycles. The van der Waals surface area contributed by atoms with Gasteiger partial charge in [0, 0.05) is 56.2 Å². The zero-order chi connectivity index (χ0) is 30.6. The Morgan fingerprint density at radius 2 is 1.56 bits per heavy atom. The molecule has 12 heteroatoms. The molecule has 43 heavy (non-hydrogen) atoms. The average Bonchev–Trinajstić information content (AvgIpc) is 3.82. The predicted molar refractivity (Wildman–Crippen MR) is 153 cm³/mol. The Kier molecular flexibility index (Phi) is 8.95. The van der Waals surface area contributed by atoms with E-state index in [0.29, 0.717) is 55.6 Å². The molecule has 2 N–H and O–H groups in total. The molecule has 0 bridgehead atoms. The van der Waals surface area contributed by atoms with Crippen LogP contribution in [-0.2, 0) is 11.3 Å². The van der Waals surface area contributed by atoms with Gasteiger partial charge in [-0.1, -0.05) is 30.3 Å². The normalized spacial score (nSPS) is 15.6. The van der Waals surface area contributed by atoms with E-state index in [1.54, 1.807) is 41.3 Å². The Balaban J connectivity index is 1.18. The SMILES string of the molecule is O=C(NCC1CC1)Nc1ccc(C(=O)N2CCN(Cc3cccc(N(C(=O)C(F)(F)F)c4ccccc4)c3)CC2)cc1F. The molecule has 1 saturated heterocycles. The van der Waals surface area contributed by atoms with E-state index < -0.39 is 23.9 Å². The number of amides is 4. The number of hydrogen-bond donors (Lipinski definition) is 2. The number of piperazine rings is 1. The summed E-state index contributed by atoms with van der Waals surface area (Å²) in [5.74, 6) is -2.55. The first-order valence-corrected chi connectivity index (χ1v) is 14.0. The molecule has 0 spiro atoms. The van der Waals surface area contributed by atoms with E-state index in [-0.39, 0.29) is 28.5 Å². The van der Waals surface area contributed by atoms with Crippen molar-refractivity contribution in [2.24, 2.45) is 5.92 Å². The quantitative estimate of drug-likeness (QED) is 0.334. The third-order valence-electron chi connectivity index (χ3n) is 7.41. The molecule has 226 valence electrons. The number of urea groups is 1. The molecule has 1 aliphatic carbocycles. The maximum Gasteiger partial charge on any atom is 0.472 e. The van der Waals surface area contributed by atoms with Crippen molar-refractivity contribution in [3.05, 3.63) is 89.7 Å². The first-order chi connectivity index (χ1) is 20.6. The minimum absolute atomic E-state index is 0.0142. The molecule has 0 unspecified atom stereocenters. The van der Waals surface area contributed by atoms with Gasteiger partial charge in [0.1, 0.15) is 5.82 Å². The Bertz CT molecular complexity index is 1470. The third kappa shape index (κ3) is 7.69. The fourth-order valence-electron chi connectivity index (χ4n) is 4.91. The van der Waals surface area contributed by atoms with Crippen LogP contribution in [0.15, 0.2) is 72.8 Å². The Hall–Kier alpha value is -4.45. The Morgan fingerprint density at radius 1 is 0.860 bits per heavy atom. The topological polar surface area (TPSA) is 85.0 Å². The lowest BCUT2D eigenvalue weighted by molar-refractivity contribution is -0.169. The number of alkyl halides is 3. The van der Waals surface area contributed by atoms with E-state index in [1.807, 2.05) is 0 Å². The Morgan fingerprint density at radius 3 is 2.21 bits per heavy atom. The van der Waals surface area contributed by atoms with Gasteiger partial charge < -0.3 is 15.5 Å². The number of anilines is 3. The number of carbonyl (C=O) groups is 3. The molecule has 0 radical (unpaired) electrons. The highest BCUT2D eigenvalue weighted by Crippen LogP contribution is 2.32. The highest BCUT2D eigenvalue weighted by molar-refractivity contribution is 6.03. The summed E-state index contributed by atoms with van der Waals surface area (Å²) in [6, 6.07) is 17.5. The highest BCUT2D eigenvalue weighted by Gasteiger charge is 2.43. The van der Waals surface area contributed by atoms with Crippen molar-refractivity contribution in [2.75, 3.05) is 42.9 Å². The second-order valence-corrected chi connectivity index (χ2v) is 10.7. The average molecular weight is 598 g/mol. The number of nitrogens with zero attached hydrogens (tertiary/aromatic N) is 3. The van der Waals surface area contributed by atoms with Crippen molar-refractivity contribution in [3.8, 4) is 0 Å². The molecular formula is C31H31F4N5O3. The van der Waals surface area contributed by atoms with Crippen LogP contribution in [0.3, 0.4) is 0 Å². The summed E-state index contributed by atoms with van der Waals surface area (Å²) in [6.45, 7) is 2.66. The summed E-state index contributed by atoms with van der Waals surface area (Å²) in [4.78, 5) is 41.7. The highest BCUT2D eigenvalue weighted by atomic mass is 19.4. The van der Waals surface area contributed by atoms with Crippen LogP contribution in [-0.4, -0.2) is 66.5 Å². The molecule has 0 atom stereocenters. The predicted octanol–water partition coefficient (Wildman–Crippen LogP) is 5.54. The van der Waals surface area contributed by atoms with Gasteiger partial charge in [-0.15, -0.1) is 0 Å². The number of rotatable bonds is 8. The molecule has 3 aromatic carbocycles. The maximum absolute atomic E-state index is 14.7. The van der Waals surface area contributed by atoms with E-state index in [0.717, 1.165) is 18.9 Å². The zero-order valence-corrected chi connectivity index (χ0v) is 23.2. The van der Waals surface area contributed by atoms with Crippen LogP contribution in [0.1, 0.15) is 28.8 Å². The number of halogens is 4. The van der Waals surface area contributed by atoms with E-state index in [1.165, 1.54) is 30.3 Å². The van der Waals surface area contributed by atoms with Crippen molar-refractivity contribution in [1.82, 2.24) is 15.1 Å². The van der Waals surface area contributed by atoms with Gasteiger partial charge in [0.15, 0.2) is 0 Å². The Labute approximate surface area is 246 Å². The van der Waals surface area contributed by atoms with Crippen molar-refractivity contribution < 1.29 is 31.9 Å². The molecule has 0 aromatic heterocycles. The summed E-state index contributed by atoms with van der Waals surface area (Å²) in [5.41, 5.74) is 1.06. The lowest BCUT2D eigenvalue weighted by atomic mass is 10.1. The van der Waals surface area contributed by atoms with E-state index in [2.05, 4.69) is 15.5 Å². The minimum Gasteiger partial charge on any atom is -0.338 e. The molecule has 1 aliphatic heterocycles. The number of carbonyl (C=O) groups excluding carboxylic acids is 3. The van der Waals surface area contributed by atoms with Crippen LogP contribution >= 0.6 is 0 Å². The summed E-state index contributed by atoms with van der Waals surface area (Å²) in [6.07, 6.45) is -2.90. The number of hydrogen-bond acceptors (Lipinski definition) is 4. The first kappa shape index (κ1) is 30.0. The number of benzene rings is 3. The van der Waals surface area contributed by atoms with Crippen molar-refractivity contribution in [1.29, 1.82) is 0 Å². The fourth-order valence-corrected chi connectivity index (χ4v) is 4.91. The lowest BCUT2D eigenvalue weighted by Crippen LogP contribution is -2.48. The van der Waals surface area contributed by atoms with Gasteiger partial charge in [0.05, 0.1) is 5.69 Å². The standard InChI is InChI=1S/C31H31F4N5O3/c32-26-18-23(11-12-27(26)37-30(43)36-19-21-9-10-21)28(41)39-15-13-38(14-16-39)20-22-5-4-8-25(17-22)40(29(42)31(33,34)35)24-6-2-1-3-7-24/h1-8,11-12,17-18,21H,9-10,13-16,19-20H2,(H2,36,37,43). The van der Waals surface area contributed by atoms with Crippen LogP contribution < -0.4 is 15.5 Å². The van der Waals surface area contributed by atoms with Crippen molar-refractivity contribution >= 4 is 34.9 Å². The van der Waals surface area contributed by atoms with Gasteiger partial charge in [0.25, 0.3) is 5.91 Å². The van der Waals surface area contributed by atoms with Crippen molar-refractivity contribution in [3.63, 3.8) is 0 Å². The summed E-state index contributed by atoms with van der Waals surface area (Å²) < 4.78 is 55.0. The van der Waals surface area contributed by atoms with Crippen LogP contribution in [0.2, 0.25) is 0 Å². The molecule has 2 aliphatic rings. The zero-order valence-electron chi connectivity index (χ0n) is 23.2. The molecule has 1 saturated carbocycles. The van der Waals surface area contributed by atoms with E-state index >= 15 is 0 Å². The van der Waals surface area contributed by atoms with Gasteiger partial charge in [-0.25, -0.2) is 9.18 Å². The monoisotopic (exact) mass is 597 g/mol. The fraction of sp³-hybridized carbons (Fsp3) is 0.323. The molecular weight excluding hydrogens is 566 g/mol. The lowest BCUT2D eigenvalue weighted by Gasteiger charge is -2.35. The molecule has 4 amide bonds. The van der Waals surface area contributed by atoms with Gasteiger partial charge >= 0.3 is 18.1 Å². The van der Waals surface area contributed by atoms with Gasteiger partial charge in [-0.2, -0.15) is 13.2 Å². The van der Waals surface area contributed by atoms with Crippen LogP contribution in [0.25, 0.3) is 0 Å². The van der Waals surface area contributed by atoms with Crippen molar-refractivity contribution in [2.45, 2.75) is 25.6 Å². The van der Waals surface area contributed by atoms with Gasteiger partial charge in [-0.05, 0) is 66.8 Å².